The van der Waals surface area contributed by atoms with E-state index in [0.717, 1.165) is 13.1 Å². The zero-order valence-electron chi connectivity index (χ0n) is 13.7. The lowest BCUT2D eigenvalue weighted by atomic mass is 10.1. The Balaban J connectivity index is 2.56. The van der Waals surface area contributed by atoms with Gasteiger partial charge in [0.1, 0.15) is 0 Å². The van der Waals surface area contributed by atoms with E-state index in [1.165, 1.54) is 11.1 Å². The third-order valence-electron chi connectivity index (χ3n) is 3.36. The number of hydrogen-bond donors (Lipinski definition) is 1. The Morgan fingerprint density at radius 3 is 2.57 bits per heavy atom. The van der Waals surface area contributed by atoms with E-state index in [2.05, 4.69) is 30.0 Å². The van der Waals surface area contributed by atoms with Gasteiger partial charge in [-0.1, -0.05) is 24.3 Å². The van der Waals surface area contributed by atoms with Crippen LogP contribution in [-0.2, 0) is 16.0 Å². The van der Waals surface area contributed by atoms with Crippen LogP contribution in [0.5, 0.6) is 0 Å². The second-order valence-electron chi connectivity index (χ2n) is 5.69. The fourth-order valence-electron chi connectivity index (χ4n) is 2.14. The zero-order valence-corrected chi connectivity index (χ0v) is 13.7. The van der Waals surface area contributed by atoms with E-state index < -0.39 is 6.10 Å². The van der Waals surface area contributed by atoms with E-state index in [-0.39, 0.29) is 6.10 Å². The number of aliphatic hydroxyl groups excluding tert-OH is 1. The smallest absolute Gasteiger partial charge is 0.0900 e. The van der Waals surface area contributed by atoms with E-state index in [1.807, 2.05) is 19.9 Å². The van der Waals surface area contributed by atoms with Crippen LogP contribution in [0.1, 0.15) is 25.0 Å². The van der Waals surface area contributed by atoms with Crippen molar-refractivity contribution in [2.24, 2.45) is 0 Å². The van der Waals surface area contributed by atoms with Crippen molar-refractivity contribution < 1.29 is 14.6 Å². The lowest BCUT2D eigenvalue weighted by Gasteiger charge is -2.26. The number of ether oxygens (including phenoxy) is 2. The first-order chi connectivity index (χ1) is 10.0. The van der Waals surface area contributed by atoms with Crippen molar-refractivity contribution in [3.05, 3.63) is 35.4 Å². The largest absolute Gasteiger partial charge is 0.389 e. The second-order valence-corrected chi connectivity index (χ2v) is 5.69. The topological polar surface area (TPSA) is 41.9 Å². The molecule has 4 heteroatoms. The van der Waals surface area contributed by atoms with Crippen LogP contribution in [0.2, 0.25) is 0 Å². The molecule has 0 aliphatic rings. The van der Waals surface area contributed by atoms with Crippen molar-refractivity contribution in [2.75, 3.05) is 33.4 Å². The standard InChI is InChI=1S/C17H29NO3/c1-14(2)21-13-17(19)12-18(9-10-20-4)11-16-8-6-5-7-15(16)3/h5-8,14,17,19H,9-13H2,1-4H3/t17-/m0/s1. The minimum atomic E-state index is -0.478. The normalized spacial score (nSPS) is 13.1. The molecule has 0 aliphatic heterocycles. The van der Waals surface area contributed by atoms with Gasteiger partial charge < -0.3 is 14.6 Å². The van der Waals surface area contributed by atoms with E-state index in [9.17, 15) is 5.11 Å². The fraction of sp³-hybridized carbons (Fsp3) is 0.647. The second kappa shape index (κ2) is 9.90. The van der Waals surface area contributed by atoms with Gasteiger partial charge in [-0.2, -0.15) is 0 Å². The molecule has 0 aliphatic carbocycles. The lowest BCUT2D eigenvalue weighted by molar-refractivity contribution is -0.0121. The van der Waals surface area contributed by atoms with Crippen molar-refractivity contribution in [1.29, 1.82) is 0 Å². The third kappa shape index (κ3) is 7.58. The van der Waals surface area contributed by atoms with E-state index in [1.54, 1.807) is 7.11 Å². The summed E-state index contributed by atoms with van der Waals surface area (Å²) >= 11 is 0. The molecule has 1 rings (SSSR count). The molecular weight excluding hydrogens is 266 g/mol. The molecule has 1 N–H and O–H groups in total. The van der Waals surface area contributed by atoms with Gasteiger partial charge in [-0.25, -0.2) is 0 Å². The third-order valence-corrected chi connectivity index (χ3v) is 3.36. The van der Waals surface area contributed by atoms with Crippen molar-refractivity contribution in [2.45, 2.75) is 39.5 Å². The van der Waals surface area contributed by atoms with E-state index >= 15 is 0 Å². The summed E-state index contributed by atoms with van der Waals surface area (Å²) in [6, 6.07) is 8.34. The number of nitrogens with zero attached hydrogens (tertiary/aromatic N) is 1. The Morgan fingerprint density at radius 1 is 1.24 bits per heavy atom. The molecule has 0 fully saturated rings. The molecule has 0 aromatic heterocycles. The molecule has 0 bridgehead atoms. The van der Waals surface area contributed by atoms with Crippen LogP contribution >= 0.6 is 0 Å². The molecule has 0 heterocycles. The molecule has 0 spiro atoms. The van der Waals surface area contributed by atoms with Crippen LogP contribution in [0.3, 0.4) is 0 Å². The van der Waals surface area contributed by atoms with Crippen molar-refractivity contribution in [3.63, 3.8) is 0 Å². The molecule has 0 amide bonds. The molecule has 0 saturated carbocycles. The van der Waals surface area contributed by atoms with Gasteiger partial charge in [0, 0.05) is 26.7 Å². The Labute approximate surface area is 128 Å². The van der Waals surface area contributed by atoms with Crippen molar-refractivity contribution in [1.82, 2.24) is 4.90 Å². The predicted octanol–water partition coefficient (Wildman–Crippen LogP) is 2.23. The number of benzene rings is 1. The predicted molar refractivity (Wildman–Crippen MR) is 85.4 cm³/mol. The summed E-state index contributed by atoms with van der Waals surface area (Å²) in [6.07, 6.45) is -0.336. The van der Waals surface area contributed by atoms with Crippen LogP contribution in [0.25, 0.3) is 0 Å². The molecule has 1 aromatic carbocycles. The first-order valence-electron chi connectivity index (χ1n) is 7.58. The molecule has 0 unspecified atom stereocenters. The van der Waals surface area contributed by atoms with Crippen LogP contribution in [-0.4, -0.2) is 55.6 Å². The molecule has 120 valence electrons. The average molecular weight is 295 g/mol. The van der Waals surface area contributed by atoms with Crippen LogP contribution in [0, 0.1) is 6.92 Å². The van der Waals surface area contributed by atoms with Crippen LogP contribution in [0.4, 0.5) is 0 Å². The molecule has 1 aromatic rings. The Morgan fingerprint density at radius 2 is 1.95 bits per heavy atom. The molecule has 21 heavy (non-hydrogen) atoms. The molecule has 0 radical (unpaired) electrons. The first kappa shape index (κ1) is 18.1. The summed E-state index contributed by atoms with van der Waals surface area (Å²) in [5.74, 6) is 0. The number of aryl methyl sites for hydroxylation is 1. The molecule has 1 atom stereocenters. The lowest BCUT2D eigenvalue weighted by Crippen LogP contribution is -2.37. The monoisotopic (exact) mass is 295 g/mol. The highest BCUT2D eigenvalue weighted by molar-refractivity contribution is 5.25. The van der Waals surface area contributed by atoms with Gasteiger partial charge in [-0.05, 0) is 31.9 Å². The maximum absolute atomic E-state index is 10.1. The molecule has 4 nitrogen and oxygen atoms in total. The van der Waals surface area contributed by atoms with Gasteiger partial charge in [0.25, 0.3) is 0 Å². The summed E-state index contributed by atoms with van der Waals surface area (Å²) in [4.78, 5) is 2.21. The van der Waals surface area contributed by atoms with Gasteiger partial charge >= 0.3 is 0 Å². The number of methoxy groups -OCH3 is 1. The number of aliphatic hydroxyl groups is 1. The Kier molecular flexibility index (Phi) is 8.54. The molecule has 0 saturated heterocycles. The minimum Gasteiger partial charge on any atom is -0.389 e. The Hall–Kier alpha value is -0.940. The van der Waals surface area contributed by atoms with Crippen molar-refractivity contribution >= 4 is 0 Å². The van der Waals surface area contributed by atoms with Gasteiger partial charge in [0.2, 0.25) is 0 Å². The minimum absolute atomic E-state index is 0.142. The summed E-state index contributed by atoms with van der Waals surface area (Å²) in [5.41, 5.74) is 2.55. The first-order valence-corrected chi connectivity index (χ1v) is 7.58. The van der Waals surface area contributed by atoms with Gasteiger partial charge in [-0.15, -0.1) is 0 Å². The highest BCUT2D eigenvalue weighted by Gasteiger charge is 2.14. The van der Waals surface area contributed by atoms with Crippen LogP contribution in [0.15, 0.2) is 24.3 Å². The zero-order chi connectivity index (χ0) is 15.7. The SMILES string of the molecule is COCCN(Cc1ccccc1C)C[C@H](O)COC(C)C. The number of hydrogen-bond acceptors (Lipinski definition) is 4. The summed E-state index contributed by atoms with van der Waals surface area (Å²) in [6.45, 7) is 9.29. The van der Waals surface area contributed by atoms with Crippen LogP contribution < -0.4 is 0 Å². The average Bonchev–Trinajstić information content (AvgIpc) is 2.45. The highest BCUT2D eigenvalue weighted by Crippen LogP contribution is 2.11. The van der Waals surface area contributed by atoms with Gasteiger partial charge in [0.05, 0.1) is 25.4 Å². The van der Waals surface area contributed by atoms with E-state index in [4.69, 9.17) is 9.47 Å². The number of rotatable bonds is 10. The van der Waals surface area contributed by atoms with E-state index in [0.29, 0.717) is 19.8 Å². The maximum atomic E-state index is 10.1. The van der Waals surface area contributed by atoms with Gasteiger partial charge in [0.15, 0.2) is 0 Å². The fourth-order valence-corrected chi connectivity index (χ4v) is 2.14. The Bertz CT molecular complexity index is 395. The summed E-state index contributed by atoms with van der Waals surface area (Å²) in [7, 11) is 1.70. The maximum Gasteiger partial charge on any atom is 0.0900 e. The van der Waals surface area contributed by atoms with Gasteiger partial charge in [-0.3, -0.25) is 4.90 Å². The van der Waals surface area contributed by atoms with Crippen molar-refractivity contribution in [3.8, 4) is 0 Å². The highest BCUT2D eigenvalue weighted by atomic mass is 16.5. The summed E-state index contributed by atoms with van der Waals surface area (Å²) in [5, 5.41) is 10.1. The summed E-state index contributed by atoms with van der Waals surface area (Å²) < 4.78 is 10.6. The molecular formula is C17H29NO3. The quantitative estimate of drug-likeness (QED) is 0.719.